The number of aromatic nitrogens is 1. The molecule has 1 aromatic heterocycles. The van der Waals surface area contributed by atoms with Gasteiger partial charge in [0.25, 0.3) is 0 Å². The molecule has 0 bridgehead atoms. The van der Waals surface area contributed by atoms with Gasteiger partial charge >= 0.3 is 0 Å². The number of alkyl halides is 1. The minimum atomic E-state index is -2.81. The first-order valence-electron chi connectivity index (χ1n) is 6.01. The summed E-state index contributed by atoms with van der Waals surface area (Å²) in [6.45, 7) is 2.40. The van der Waals surface area contributed by atoms with Crippen molar-refractivity contribution >= 4 is 32.8 Å². The SMILES string of the molecule is O=S1(=O)CCCN(CCc2nc(CCl)cs2)CC1. The van der Waals surface area contributed by atoms with Crippen LogP contribution < -0.4 is 0 Å². The number of nitrogens with zero attached hydrogens (tertiary/aromatic N) is 2. The van der Waals surface area contributed by atoms with Gasteiger partial charge in [-0.05, 0) is 13.0 Å². The lowest BCUT2D eigenvalue weighted by Crippen LogP contribution is -2.29. The van der Waals surface area contributed by atoms with Crippen LogP contribution in [0.5, 0.6) is 0 Å². The predicted molar refractivity (Wildman–Crippen MR) is 75.1 cm³/mol. The van der Waals surface area contributed by atoms with E-state index in [0.717, 1.165) is 36.6 Å². The second-order valence-corrected chi connectivity index (χ2v) is 7.98. The van der Waals surface area contributed by atoms with E-state index in [9.17, 15) is 8.42 Å². The zero-order valence-corrected chi connectivity index (χ0v) is 12.5. The van der Waals surface area contributed by atoms with E-state index in [1.54, 1.807) is 11.3 Å². The summed E-state index contributed by atoms with van der Waals surface area (Å²) in [5, 5.41) is 3.06. The molecular weight excluding hydrogens is 292 g/mol. The topological polar surface area (TPSA) is 50.3 Å². The molecule has 0 atom stereocenters. The van der Waals surface area contributed by atoms with Gasteiger partial charge in [-0.3, -0.25) is 0 Å². The van der Waals surface area contributed by atoms with E-state index < -0.39 is 9.84 Å². The average Bonchev–Trinajstić information content (AvgIpc) is 2.72. The van der Waals surface area contributed by atoms with E-state index in [2.05, 4.69) is 9.88 Å². The molecule has 18 heavy (non-hydrogen) atoms. The van der Waals surface area contributed by atoms with Crippen molar-refractivity contribution in [1.82, 2.24) is 9.88 Å². The van der Waals surface area contributed by atoms with E-state index in [4.69, 9.17) is 11.6 Å². The van der Waals surface area contributed by atoms with Crippen LogP contribution in [0.25, 0.3) is 0 Å². The van der Waals surface area contributed by atoms with Crippen LogP contribution in [0.1, 0.15) is 17.1 Å². The Balaban J connectivity index is 1.83. The van der Waals surface area contributed by atoms with E-state index in [-0.39, 0.29) is 5.75 Å². The first-order valence-corrected chi connectivity index (χ1v) is 9.24. The third kappa shape index (κ3) is 4.19. The summed E-state index contributed by atoms with van der Waals surface area (Å²) in [6.07, 6.45) is 1.62. The number of hydrogen-bond acceptors (Lipinski definition) is 5. The molecule has 0 amide bonds. The molecule has 2 rings (SSSR count). The van der Waals surface area contributed by atoms with Crippen molar-refractivity contribution in [3.05, 3.63) is 16.1 Å². The van der Waals surface area contributed by atoms with E-state index in [1.807, 2.05) is 5.38 Å². The van der Waals surface area contributed by atoms with Gasteiger partial charge in [-0.2, -0.15) is 0 Å². The van der Waals surface area contributed by atoms with Gasteiger partial charge in [0.2, 0.25) is 0 Å². The van der Waals surface area contributed by atoms with Crippen molar-refractivity contribution in [2.45, 2.75) is 18.7 Å². The van der Waals surface area contributed by atoms with Crippen LogP contribution in [-0.4, -0.2) is 49.4 Å². The highest BCUT2D eigenvalue weighted by Crippen LogP contribution is 2.13. The predicted octanol–water partition coefficient (Wildman–Crippen LogP) is 1.54. The Morgan fingerprint density at radius 1 is 1.39 bits per heavy atom. The molecule has 0 aromatic carbocycles. The standard InChI is InChI=1S/C11H17ClN2O2S2/c12-8-10-9-17-11(13-10)2-4-14-3-1-6-18(15,16)7-5-14/h9H,1-8H2. The Morgan fingerprint density at radius 3 is 2.94 bits per heavy atom. The molecule has 0 spiro atoms. The fourth-order valence-electron chi connectivity index (χ4n) is 1.99. The van der Waals surface area contributed by atoms with Crippen molar-refractivity contribution in [3.8, 4) is 0 Å². The van der Waals surface area contributed by atoms with E-state index in [1.165, 1.54) is 0 Å². The molecule has 0 saturated carbocycles. The zero-order valence-electron chi connectivity index (χ0n) is 10.1. The lowest BCUT2D eigenvalue weighted by molar-refractivity contribution is 0.299. The fourth-order valence-corrected chi connectivity index (χ4v) is 4.32. The van der Waals surface area contributed by atoms with Gasteiger partial charge in [0.15, 0.2) is 9.84 Å². The van der Waals surface area contributed by atoms with Crippen molar-refractivity contribution < 1.29 is 8.42 Å². The van der Waals surface area contributed by atoms with Crippen LogP contribution in [0, 0.1) is 0 Å². The highest BCUT2D eigenvalue weighted by atomic mass is 35.5. The smallest absolute Gasteiger partial charge is 0.151 e. The van der Waals surface area contributed by atoms with Crippen molar-refractivity contribution in [2.24, 2.45) is 0 Å². The molecule has 1 fully saturated rings. The second-order valence-electron chi connectivity index (χ2n) is 4.46. The van der Waals surface area contributed by atoms with Gasteiger partial charge in [0, 0.05) is 24.9 Å². The Morgan fingerprint density at radius 2 is 2.22 bits per heavy atom. The molecule has 1 aromatic rings. The highest BCUT2D eigenvalue weighted by Gasteiger charge is 2.18. The molecule has 1 saturated heterocycles. The molecule has 1 aliphatic heterocycles. The molecular formula is C11H17ClN2O2S2. The summed E-state index contributed by atoms with van der Waals surface area (Å²) in [5.41, 5.74) is 0.926. The number of halogens is 1. The maximum Gasteiger partial charge on any atom is 0.151 e. The monoisotopic (exact) mass is 308 g/mol. The maximum absolute atomic E-state index is 11.5. The Labute approximate surface area is 117 Å². The lowest BCUT2D eigenvalue weighted by atomic mass is 10.3. The van der Waals surface area contributed by atoms with Crippen molar-refractivity contribution in [1.29, 1.82) is 0 Å². The molecule has 0 radical (unpaired) electrons. The van der Waals surface area contributed by atoms with Crippen molar-refractivity contribution in [2.75, 3.05) is 31.1 Å². The normalized spacial score (nSPS) is 20.7. The number of thiazole rings is 1. The first kappa shape index (κ1) is 14.2. The third-order valence-electron chi connectivity index (χ3n) is 3.03. The average molecular weight is 309 g/mol. The maximum atomic E-state index is 11.5. The fraction of sp³-hybridized carbons (Fsp3) is 0.727. The Kier molecular flexibility index (Phi) is 5.00. The summed E-state index contributed by atoms with van der Waals surface area (Å²) in [5.74, 6) is 1.08. The van der Waals surface area contributed by atoms with Crippen LogP contribution in [0.2, 0.25) is 0 Å². The van der Waals surface area contributed by atoms with Crippen LogP contribution >= 0.6 is 22.9 Å². The Bertz CT molecular complexity index is 487. The minimum absolute atomic E-state index is 0.289. The quantitative estimate of drug-likeness (QED) is 0.792. The van der Waals surface area contributed by atoms with E-state index in [0.29, 0.717) is 18.2 Å². The largest absolute Gasteiger partial charge is 0.302 e. The Hall–Kier alpha value is -0.170. The molecule has 2 heterocycles. The number of sulfone groups is 1. The third-order valence-corrected chi connectivity index (χ3v) is 5.97. The molecule has 0 N–H and O–H groups in total. The number of hydrogen-bond donors (Lipinski definition) is 0. The van der Waals surface area contributed by atoms with Crippen LogP contribution in [0.4, 0.5) is 0 Å². The molecule has 102 valence electrons. The van der Waals surface area contributed by atoms with Crippen molar-refractivity contribution in [3.63, 3.8) is 0 Å². The summed E-state index contributed by atoms with van der Waals surface area (Å²) < 4.78 is 23.0. The molecule has 1 aliphatic rings. The first-order chi connectivity index (χ1) is 8.59. The van der Waals surface area contributed by atoms with Gasteiger partial charge in [-0.1, -0.05) is 0 Å². The summed E-state index contributed by atoms with van der Waals surface area (Å²) in [7, 11) is -2.81. The second kappa shape index (κ2) is 6.32. The van der Waals surface area contributed by atoms with E-state index >= 15 is 0 Å². The zero-order chi connectivity index (χ0) is 13.0. The summed E-state index contributed by atoms with van der Waals surface area (Å²) in [6, 6.07) is 0. The van der Waals surface area contributed by atoms with Gasteiger partial charge in [0.05, 0.1) is 28.1 Å². The molecule has 0 unspecified atom stereocenters. The van der Waals surface area contributed by atoms with Gasteiger partial charge in [-0.15, -0.1) is 22.9 Å². The summed E-state index contributed by atoms with van der Waals surface area (Å²) >= 11 is 7.34. The summed E-state index contributed by atoms with van der Waals surface area (Å²) in [4.78, 5) is 6.62. The van der Waals surface area contributed by atoms with Crippen LogP contribution in [0.15, 0.2) is 5.38 Å². The van der Waals surface area contributed by atoms with Crippen LogP contribution in [-0.2, 0) is 22.1 Å². The van der Waals surface area contributed by atoms with Gasteiger partial charge < -0.3 is 4.90 Å². The van der Waals surface area contributed by atoms with Gasteiger partial charge in [0.1, 0.15) is 0 Å². The number of rotatable bonds is 4. The lowest BCUT2D eigenvalue weighted by Gasteiger charge is -2.17. The van der Waals surface area contributed by atoms with Gasteiger partial charge in [-0.25, -0.2) is 13.4 Å². The van der Waals surface area contributed by atoms with Crippen LogP contribution in [0.3, 0.4) is 0 Å². The minimum Gasteiger partial charge on any atom is -0.302 e. The highest BCUT2D eigenvalue weighted by molar-refractivity contribution is 7.91. The molecule has 0 aliphatic carbocycles. The molecule has 7 heteroatoms. The molecule has 4 nitrogen and oxygen atoms in total.